The fourth-order valence-corrected chi connectivity index (χ4v) is 1.95. The lowest BCUT2D eigenvalue weighted by molar-refractivity contribution is -0.138. The van der Waals surface area contributed by atoms with E-state index in [1.165, 1.54) is 0 Å². The van der Waals surface area contributed by atoms with Crippen molar-refractivity contribution in [2.75, 3.05) is 0 Å². The second-order valence-electron chi connectivity index (χ2n) is 4.02. The van der Waals surface area contributed by atoms with Gasteiger partial charge in [-0.1, -0.05) is 0 Å². The molecular formula is C12H12BrN3O3. The van der Waals surface area contributed by atoms with Gasteiger partial charge in [-0.2, -0.15) is 0 Å². The molecule has 2 N–H and O–H groups in total. The van der Waals surface area contributed by atoms with Crippen LogP contribution in [0.15, 0.2) is 29.0 Å². The minimum atomic E-state index is -0.979. The molecule has 0 spiro atoms. The van der Waals surface area contributed by atoms with Crippen LogP contribution in [0.5, 0.6) is 0 Å². The van der Waals surface area contributed by atoms with E-state index in [2.05, 4.69) is 26.2 Å². The van der Waals surface area contributed by atoms with E-state index in [0.717, 1.165) is 15.8 Å². The molecule has 0 aliphatic carbocycles. The van der Waals surface area contributed by atoms with Gasteiger partial charge in [-0.3, -0.25) is 9.59 Å². The molecule has 1 amide bonds. The fraction of sp³-hybridized carbons (Fsp3) is 0.250. The molecule has 0 saturated carbocycles. The lowest BCUT2D eigenvalue weighted by Gasteiger charge is -2.00. The van der Waals surface area contributed by atoms with E-state index in [4.69, 9.17) is 5.11 Å². The number of fused-ring (bicyclic) bond motifs is 1. The van der Waals surface area contributed by atoms with E-state index < -0.39 is 5.97 Å². The minimum absolute atomic E-state index is 0.0196. The van der Waals surface area contributed by atoms with Crippen molar-refractivity contribution in [2.24, 2.45) is 0 Å². The number of carboxylic acid groups (broad SMARTS) is 1. The van der Waals surface area contributed by atoms with Crippen molar-refractivity contribution in [1.82, 2.24) is 14.7 Å². The van der Waals surface area contributed by atoms with Crippen molar-refractivity contribution in [2.45, 2.75) is 19.4 Å². The van der Waals surface area contributed by atoms with Crippen LogP contribution in [0.3, 0.4) is 0 Å². The molecule has 0 fully saturated rings. The maximum absolute atomic E-state index is 11.4. The quantitative estimate of drug-likeness (QED) is 0.874. The number of nitrogens with zero attached hydrogens (tertiary/aromatic N) is 2. The van der Waals surface area contributed by atoms with Crippen LogP contribution in [0.25, 0.3) is 5.65 Å². The van der Waals surface area contributed by atoms with Crippen LogP contribution in [-0.2, 0) is 16.1 Å². The topological polar surface area (TPSA) is 83.7 Å². The summed E-state index contributed by atoms with van der Waals surface area (Å²) >= 11 is 3.36. The minimum Gasteiger partial charge on any atom is -0.481 e. The number of aromatic nitrogens is 2. The van der Waals surface area contributed by atoms with Crippen LogP contribution in [0.4, 0.5) is 0 Å². The third-order valence-corrected chi connectivity index (χ3v) is 2.97. The number of amides is 1. The van der Waals surface area contributed by atoms with Gasteiger partial charge in [-0.25, -0.2) is 4.98 Å². The number of nitrogens with one attached hydrogen (secondary N) is 1. The van der Waals surface area contributed by atoms with Crippen LogP contribution < -0.4 is 5.32 Å². The number of carboxylic acids is 1. The smallest absolute Gasteiger partial charge is 0.303 e. The molecule has 100 valence electrons. The first-order valence-electron chi connectivity index (χ1n) is 5.66. The van der Waals surface area contributed by atoms with Gasteiger partial charge in [0, 0.05) is 23.3 Å². The maximum atomic E-state index is 11.4. The number of carbonyl (C=O) groups excluding carboxylic acids is 1. The Balaban J connectivity index is 1.94. The molecule has 19 heavy (non-hydrogen) atoms. The Morgan fingerprint density at radius 3 is 2.84 bits per heavy atom. The summed E-state index contributed by atoms with van der Waals surface area (Å²) in [4.78, 5) is 26.0. The number of hydrogen-bond acceptors (Lipinski definition) is 3. The summed E-state index contributed by atoms with van der Waals surface area (Å²) in [6.07, 6.45) is 3.51. The van der Waals surface area contributed by atoms with Crippen molar-refractivity contribution >= 4 is 33.5 Å². The normalized spacial score (nSPS) is 10.6. The molecule has 2 heterocycles. The lowest BCUT2D eigenvalue weighted by Crippen LogP contribution is -2.23. The third-order valence-electron chi connectivity index (χ3n) is 2.50. The molecule has 0 aliphatic rings. The summed E-state index contributed by atoms with van der Waals surface area (Å²) in [5, 5.41) is 11.1. The van der Waals surface area contributed by atoms with E-state index in [1.807, 2.05) is 28.9 Å². The van der Waals surface area contributed by atoms with Gasteiger partial charge in [0.2, 0.25) is 5.91 Å². The summed E-state index contributed by atoms with van der Waals surface area (Å²) in [6.45, 7) is 0.289. The number of imidazole rings is 1. The Labute approximate surface area is 117 Å². The second kappa shape index (κ2) is 5.83. The first-order chi connectivity index (χ1) is 9.04. The predicted molar refractivity (Wildman–Crippen MR) is 71.6 cm³/mol. The Bertz CT molecular complexity index is 624. The zero-order valence-corrected chi connectivity index (χ0v) is 11.6. The van der Waals surface area contributed by atoms with Gasteiger partial charge in [0.05, 0.1) is 18.7 Å². The van der Waals surface area contributed by atoms with Crippen molar-refractivity contribution in [3.63, 3.8) is 0 Å². The van der Waals surface area contributed by atoms with E-state index in [0.29, 0.717) is 0 Å². The molecular weight excluding hydrogens is 314 g/mol. The van der Waals surface area contributed by atoms with E-state index in [-0.39, 0.29) is 25.3 Å². The van der Waals surface area contributed by atoms with Crippen LogP contribution >= 0.6 is 15.9 Å². The largest absolute Gasteiger partial charge is 0.481 e. The fourth-order valence-electron chi connectivity index (χ4n) is 1.60. The highest BCUT2D eigenvalue weighted by atomic mass is 79.9. The highest BCUT2D eigenvalue weighted by molar-refractivity contribution is 9.10. The molecule has 0 saturated heterocycles. The van der Waals surface area contributed by atoms with Crippen molar-refractivity contribution < 1.29 is 14.7 Å². The van der Waals surface area contributed by atoms with Gasteiger partial charge < -0.3 is 14.8 Å². The van der Waals surface area contributed by atoms with E-state index in [9.17, 15) is 9.59 Å². The van der Waals surface area contributed by atoms with E-state index in [1.54, 1.807) is 0 Å². The monoisotopic (exact) mass is 325 g/mol. The highest BCUT2D eigenvalue weighted by Gasteiger charge is 2.07. The van der Waals surface area contributed by atoms with Crippen molar-refractivity contribution in [3.8, 4) is 0 Å². The standard InChI is InChI=1S/C12H12BrN3O3/c13-8-1-2-10-15-9(7-16(10)6-8)5-14-11(17)3-4-12(18)19/h1-2,6-7H,3-5H2,(H,14,17)(H,18,19). The van der Waals surface area contributed by atoms with Gasteiger partial charge >= 0.3 is 5.97 Å². The number of aliphatic carboxylic acids is 1. The Kier molecular flexibility index (Phi) is 4.16. The molecule has 6 nitrogen and oxygen atoms in total. The Morgan fingerprint density at radius 1 is 1.32 bits per heavy atom. The third kappa shape index (κ3) is 3.78. The molecule has 0 aliphatic heterocycles. The number of rotatable bonds is 5. The first-order valence-corrected chi connectivity index (χ1v) is 6.45. The lowest BCUT2D eigenvalue weighted by atomic mass is 10.3. The summed E-state index contributed by atoms with van der Waals surface area (Å²) in [7, 11) is 0. The van der Waals surface area contributed by atoms with Crippen LogP contribution in [0, 0.1) is 0 Å². The highest BCUT2D eigenvalue weighted by Crippen LogP contribution is 2.12. The van der Waals surface area contributed by atoms with E-state index >= 15 is 0 Å². The molecule has 0 unspecified atom stereocenters. The van der Waals surface area contributed by atoms with Crippen LogP contribution in [0.1, 0.15) is 18.5 Å². The molecule has 0 atom stereocenters. The zero-order chi connectivity index (χ0) is 13.8. The summed E-state index contributed by atoms with van der Waals surface area (Å²) in [5.41, 5.74) is 1.51. The number of pyridine rings is 1. The summed E-state index contributed by atoms with van der Waals surface area (Å²) in [5.74, 6) is -1.27. The molecule has 2 rings (SSSR count). The predicted octanol–water partition coefficient (Wildman–Crippen LogP) is 1.58. The van der Waals surface area contributed by atoms with Gasteiger partial charge in [-0.05, 0) is 28.1 Å². The SMILES string of the molecule is O=C(O)CCC(=O)NCc1cn2cc(Br)ccc2n1. The Hall–Kier alpha value is -1.89. The van der Waals surface area contributed by atoms with Crippen LogP contribution in [-0.4, -0.2) is 26.4 Å². The number of hydrogen-bond donors (Lipinski definition) is 2. The van der Waals surface area contributed by atoms with Gasteiger partial charge in [0.1, 0.15) is 5.65 Å². The Morgan fingerprint density at radius 2 is 2.11 bits per heavy atom. The molecule has 7 heteroatoms. The molecule has 0 bridgehead atoms. The number of halogens is 1. The average Bonchev–Trinajstić information content (AvgIpc) is 2.75. The molecule has 0 aromatic carbocycles. The molecule has 2 aromatic heterocycles. The zero-order valence-electron chi connectivity index (χ0n) is 9.97. The second-order valence-corrected chi connectivity index (χ2v) is 4.93. The van der Waals surface area contributed by atoms with Gasteiger partial charge in [0.15, 0.2) is 0 Å². The van der Waals surface area contributed by atoms with Crippen molar-refractivity contribution in [3.05, 3.63) is 34.7 Å². The van der Waals surface area contributed by atoms with Gasteiger partial charge in [0.25, 0.3) is 0 Å². The van der Waals surface area contributed by atoms with Crippen LogP contribution in [0.2, 0.25) is 0 Å². The molecule has 0 radical (unpaired) electrons. The molecule has 2 aromatic rings. The van der Waals surface area contributed by atoms with Gasteiger partial charge in [-0.15, -0.1) is 0 Å². The maximum Gasteiger partial charge on any atom is 0.303 e. The number of carbonyl (C=O) groups is 2. The summed E-state index contributed by atoms with van der Waals surface area (Å²) < 4.78 is 2.79. The summed E-state index contributed by atoms with van der Waals surface area (Å²) in [6, 6.07) is 3.75. The van der Waals surface area contributed by atoms with Crippen molar-refractivity contribution in [1.29, 1.82) is 0 Å². The first kappa shape index (κ1) is 13.5. The average molecular weight is 326 g/mol.